The monoisotopic (exact) mass is 128 g/mol. The summed E-state index contributed by atoms with van der Waals surface area (Å²) in [6.07, 6.45) is 5.50. The van der Waals surface area contributed by atoms with Crippen molar-refractivity contribution in [2.75, 3.05) is 19.8 Å². The van der Waals surface area contributed by atoms with E-state index in [-0.39, 0.29) is 0 Å². The van der Waals surface area contributed by atoms with Crippen molar-refractivity contribution < 1.29 is 9.84 Å². The predicted octanol–water partition coefficient (Wildman–Crippen LogP) is 0.571. The molecule has 0 aromatic heterocycles. The molecular formula is C7H12O2. The predicted molar refractivity (Wildman–Crippen MR) is 35.2 cm³/mol. The Kier molecular flexibility index (Phi) is 2.74. The van der Waals surface area contributed by atoms with Crippen LogP contribution in [0.5, 0.6) is 0 Å². The fourth-order valence-electron chi connectivity index (χ4n) is 0.390. The Morgan fingerprint density at radius 3 is 2.00 bits per heavy atom. The maximum Gasteiger partial charge on any atom is 0.0538 e. The highest BCUT2D eigenvalue weighted by Gasteiger charge is 2.15. The molecule has 1 aliphatic heterocycles. The van der Waals surface area contributed by atoms with E-state index in [2.05, 4.69) is 12.2 Å². The van der Waals surface area contributed by atoms with Gasteiger partial charge in [0, 0.05) is 5.92 Å². The molecular weight excluding hydrogens is 116 g/mol. The average Bonchev–Trinajstić information content (AvgIpc) is 2.42. The highest BCUT2D eigenvalue weighted by molar-refractivity contribution is 5.02. The van der Waals surface area contributed by atoms with Gasteiger partial charge in [-0.2, -0.15) is 0 Å². The molecule has 1 aliphatic carbocycles. The Bertz CT molecular complexity index is 88.3. The van der Waals surface area contributed by atoms with E-state index in [4.69, 9.17) is 9.84 Å². The highest BCUT2D eigenvalue weighted by atomic mass is 16.5. The number of allylic oxidation sites excluding steroid dienone is 2. The fourth-order valence-corrected chi connectivity index (χ4v) is 0.390. The lowest BCUT2D eigenvalue weighted by molar-refractivity contribution is -0.0554. The van der Waals surface area contributed by atoms with E-state index in [0.717, 1.165) is 13.2 Å². The van der Waals surface area contributed by atoms with Crippen LogP contribution in [-0.2, 0) is 4.74 Å². The molecule has 0 radical (unpaired) electrons. The van der Waals surface area contributed by atoms with Crippen molar-refractivity contribution in [3.8, 4) is 0 Å². The summed E-state index contributed by atoms with van der Waals surface area (Å²) in [6, 6.07) is 0. The molecule has 1 saturated heterocycles. The normalized spacial score (nSPS) is 21.9. The first-order valence-electron chi connectivity index (χ1n) is 3.27. The highest BCUT2D eigenvalue weighted by Crippen LogP contribution is 2.06. The first-order chi connectivity index (χ1) is 4.43. The first kappa shape index (κ1) is 6.78. The molecule has 0 saturated carbocycles. The zero-order chi connectivity index (χ0) is 6.53. The summed E-state index contributed by atoms with van der Waals surface area (Å²) < 4.78 is 4.77. The minimum atomic E-state index is 0.292. The Morgan fingerprint density at radius 2 is 2.00 bits per heavy atom. The maximum atomic E-state index is 8.31. The summed E-state index contributed by atoms with van der Waals surface area (Å²) in [5.74, 6) is 0.449. The molecule has 2 aliphatic rings. The molecule has 52 valence electrons. The molecule has 2 nitrogen and oxygen atoms in total. The average molecular weight is 128 g/mol. The Balaban J connectivity index is 0.000000112. The van der Waals surface area contributed by atoms with Gasteiger partial charge in [0.2, 0.25) is 0 Å². The fraction of sp³-hybridized carbons (Fsp3) is 0.714. The molecule has 0 unspecified atom stereocenters. The number of rotatable bonds is 1. The summed E-state index contributed by atoms with van der Waals surface area (Å²) in [5.41, 5.74) is 0. The second kappa shape index (κ2) is 3.64. The van der Waals surface area contributed by atoms with Crippen molar-refractivity contribution in [3.63, 3.8) is 0 Å². The standard InChI is InChI=1S/C4H8O2.C3H4/c5-1-4-2-6-3-4;1-2-3-1/h4-5H,1-3H2;1-2H,3H2. The molecule has 0 aromatic carbocycles. The van der Waals surface area contributed by atoms with Crippen LogP contribution < -0.4 is 0 Å². The second-order valence-corrected chi connectivity index (χ2v) is 2.29. The van der Waals surface area contributed by atoms with Gasteiger partial charge in [-0.1, -0.05) is 12.2 Å². The molecule has 0 spiro atoms. The van der Waals surface area contributed by atoms with E-state index in [1.165, 1.54) is 6.42 Å². The van der Waals surface area contributed by atoms with Crippen LogP contribution in [0.1, 0.15) is 6.42 Å². The van der Waals surface area contributed by atoms with Crippen LogP contribution in [0.3, 0.4) is 0 Å². The third-order valence-corrected chi connectivity index (χ3v) is 1.20. The van der Waals surface area contributed by atoms with Gasteiger partial charge in [-0.15, -0.1) is 0 Å². The van der Waals surface area contributed by atoms with Crippen molar-refractivity contribution in [3.05, 3.63) is 12.2 Å². The van der Waals surface area contributed by atoms with Crippen LogP contribution in [0.2, 0.25) is 0 Å². The van der Waals surface area contributed by atoms with Crippen LogP contribution in [0, 0.1) is 5.92 Å². The van der Waals surface area contributed by atoms with Crippen LogP contribution in [0.15, 0.2) is 12.2 Å². The lowest BCUT2D eigenvalue weighted by atomic mass is 10.1. The van der Waals surface area contributed by atoms with Gasteiger partial charge in [-0.25, -0.2) is 0 Å². The minimum absolute atomic E-state index is 0.292. The van der Waals surface area contributed by atoms with Crippen molar-refractivity contribution in [2.24, 2.45) is 5.92 Å². The van der Waals surface area contributed by atoms with E-state index in [9.17, 15) is 0 Å². The molecule has 2 rings (SSSR count). The molecule has 1 N–H and O–H groups in total. The van der Waals surface area contributed by atoms with E-state index < -0.39 is 0 Å². The number of aliphatic hydroxyl groups excluding tert-OH is 1. The zero-order valence-electron chi connectivity index (χ0n) is 5.42. The van der Waals surface area contributed by atoms with Gasteiger partial charge in [-0.3, -0.25) is 0 Å². The number of aliphatic hydroxyl groups is 1. The molecule has 2 heteroatoms. The SMILES string of the molecule is C1=CC1.OCC1COC1. The van der Waals surface area contributed by atoms with Gasteiger partial charge < -0.3 is 9.84 Å². The number of hydrogen-bond acceptors (Lipinski definition) is 2. The van der Waals surface area contributed by atoms with Crippen LogP contribution in [0.25, 0.3) is 0 Å². The third kappa shape index (κ3) is 3.27. The summed E-state index contributed by atoms with van der Waals surface area (Å²) in [5, 5.41) is 8.31. The Hall–Kier alpha value is -0.340. The van der Waals surface area contributed by atoms with Crippen molar-refractivity contribution in [1.29, 1.82) is 0 Å². The Morgan fingerprint density at radius 1 is 1.44 bits per heavy atom. The zero-order valence-corrected chi connectivity index (χ0v) is 5.42. The molecule has 1 fully saturated rings. The quantitative estimate of drug-likeness (QED) is 0.523. The van der Waals surface area contributed by atoms with Gasteiger partial charge in [0.05, 0.1) is 19.8 Å². The van der Waals surface area contributed by atoms with Gasteiger partial charge in [0.25, 0.3) is 0 Å². The van der Waals surface area contributed by atoms with Crippen LogP contribution in [-0.4, -0.2) is 24.9 Å². The van der Waals surface area contributed by atoms with Crippen molar-refractivity contribution in [2.45, 2.75) is 6.42 Å². The van der Waals surface area contributed by atoms with Crippen LogP contribution >= 0.6 is 0 Å². The van der Waals surface area contributed by atoms with Gasteiger partial charge in [0.1, 0.15) is 0 Å². The summed E-state index contributed by atoms with van der Waals surface area (Å²) >= 11 is 0. The lowest BCUT2D eigenvalue weighted by Gasteiger charge is -2.22. The summed E-state index contributed by atoms with van der Waals surface area (Å²) in [6.45, 7) is 1.81. The largest absolute Gasteiger partial charge is 0.396 e. The molecule has 1 heterocycles. The van der Waals surface area contributed by atoms with Crippen molar-refractivity contribution in [1.82, 2.24) is 0 Å². The maximum absolute atomic E-state index is 8.31. The molecule has 0 bridgehead atoms. The lowest BCUT2D eigenvalue weighted by Crippen LogP contribution is -2.30. The third-order valence-electron chi connectivity index (χ3n) is 1.20. The van der Waals surface area contributed by atoms with Crippen LogP contribution in [0.4, 0.5) is 0 Å². The van der Waals surface area contributed by atoms with Gasteiger partial charge in [-0.05, 0) is 6.42 Å². The molecule has 0 aromatic rings. The van der Waals surface area contributed by atoms with E-state index in [1.54, 1.807) is 0 Å². The second-order valence-electron chi connectivity index (χ2n) is 2.29. The topological polar surface area (TPSA) is 29.5 Å². The minimum Gasteiger partial charge on any atom is -0.396 e. The van der Waals surface area contributed by atoms with Gasteiger partial charge in [0.15, 0.2) is 0 Å². The van der Waals surface area contributed by atoms with E-state index in [1.807, 2.05) is 0 Å². The first-order valence-corrected chi connectivity index (χ1v) is 3.27. The van der Waals surface area contributed by atoms with Gasteiger partial charge >= 0.3 is 0 Å². The van der Waals surface area contributed by atoms with E-state index in [0.29, 0.717) is 12.5 Å². The van der Waals surface area contributed by atoms with Crippen molar-refractivity contribution >= 4 is 0 Å². The molecule has 0 atom stereocenters. The number of ether oxygens (including phenoxy) is 1. The molecule has 0 amide bonds. The summed E-state index contributed by atoms with van der Waals surface area (Å²) in [7, 11) is 0. The van der Waals surface area contributed by atoms with E-state index >= 15 is 0 Å². The molecule has 9 heavy (non-hydrogen) atoms. The smallest absolute Gasteiger partial charge is 0.0538 e. The Labute approximate surface area is 55.1 Å². The summed E-state index contributed by atoms with van der Waals surface area (Å²) in [4.78, 5) is 0. The number of hydrogen-bond donors (Lipinski definition) is 1.